The van der Waals surface area contributed by atoms with Crippen LogP contribution in [0.4, 0.5) is 11.9 Å². The molecule has 1 atom stereocenters. The van der Waals surface area contributed by atoms with E-state index in [1.807, 2.05) is 24.1 Å². The summed E-state index contributed by atoms with van der Waals surface area (Å²) in [6, 6.07) is 9.46. The predicted octanol–water partition coefficient (Wildman–Crippen LogP) is 2.52. The van der Waals surface area contributed by atoms with Crippen LogP contribution in [-0.4, -0.2) is 75.4 Å². The van der Waals surface area contributed by atoms with Gasteiger partial charge in [0.1, 0.15) is 0 Å². The molecule has 152 valence electrons. The summed E-state index contributed by atoms with van der Waals surface area (Å²) in [6.45, 7) is 5.31. The van der Waals surface area contributed by atoms with Gasteiger partial charge in [-0.3, -0.25) is 9.88 Å². The lowest BCUT2D eigenvalue weighted by Gasteiger charge is -2.47. The van der Waals surface area contributed by atoms with Crippen LogP contribution in [0.2, 0.25) is 5.02 Å². The summed E-state index contributed by atoms with van der Waals surface area (Å²) in [6.07, 6.45) is 5.51. The highest BCUT2D eigenvalue weighted by Gasteiger charge is 2.34. The number of piperidine rings is 1. The molecule has 2 fully saturated rings. The first-order chi connectivity index (χ1) is 13.6. The molecule has 0 unspecified atom stereocenters. The number of nitrogens with one attached hydrogen (secondary N) is 1. The number of aromatic nitrogens is 3. The summed E-state index contributed by atoms with van der Waals surface area (Å²) >= 11 is 7.93. The second kappa shape index (κ2) is 8.90. The van der Waals surface area contributed by atoms with E-state index < -0.39 is 0 Å². The molecular formula is C19H28ClN7S. The molecule has 2 aliphatic rings. The molecule has 0 spiro atoms. The average molecular weight is 422 g/mol. The maximum atomic E-state index is 6.07. The number of rotatable bonds is 5. The number of benzene rings is 1. The van der Waals surface area contributed by atoms with E-state index in [1.54, 1.807) is 0 Å². The van der Waals surface area contributed by atoms with Crippen LogP contribution >= 0.6 is 23.5 Å². The van der Waals surface area contributed by atoms with Gasteiger partial charge in [0.15, 0.2) is 0 Å². The second-order valence-corrected chi connectivity index (χ2v) is 8.86. The van der Waals surface area contributed by atoms with E-state index in [2.05, 4.69) is 47.7 Å². The molecule has 0 aliphatic carbocycles. The molecule has 2 saturated heterocycles. The second-order valence-electron chi connectivity index (χ2n) is 7.54. The highest BCUT2D eigenvalue weighted by atomic mass is 35.5. The lowest BCUT2D eigenvalue weighted by atomic mass is 9.96. The number of piperazine rings is 1. The summed E-state index contributed by atoms with van der Waals surface area (Å²) in [5.41, 5.74) is 7.04. The smallest absolute Gasteiger partial charge is 0.226 e. The molecule has 28 heavy (non-hydrogen) atoms. The minimum atomic E-state index is 0.383. The summed E-state index contributed by atoms with van der Waals surface area (Å²) in [4.78, 5) is 8.05. The van der Waals surface area contributed by atoms with Gasteiger partial charge in [-0.2, -0.15) is 0 Å². The summed E-state index contributed by atoms with van der Waals surface area (Å²) in [5, 5.41) is 8.83. The zero-order chi connectivity index (χ0) is 19.5. The number of halogens is 1. The Balaban J connectivity index is 1.41. The van der Waals surface area contributed by atoms with Gasteiger partial charge in [-0.05, 0) is 43.2 Å². The quantitative estimate of drug-likeness (QED) is 0.718. The highest BCUT2D eigenvalue weighted by molar-refractivity contribution is 7.96. The molecule has 0 saturated carbocycles. The number of nitrogens with zero attached hydrogens (tertiary/aromatic N) is 5. The largest absolute Gasteiger partial charge is 0.368 e. The third-order valence-electron chi connectivity index (χ3n) is 5.86. The van der Waals surface area contributed by atoms with Crippen molar-refractivity contribution in [3.63, 3.8) is 0 Å². The Kier molecular flexibility index (Phi) is 6.30. The van der Waals surface area contributed by atoms with Crippen molar-refractivity contribution in [2.45, 2.75) is 31.3 Å². The number of nitrogens with two attached hydrogens (primary N) is 1. The minimum Gasteiger partial charge on any atom is -0.368 e. The van der Waals surface area contributed by atoms with Gasteiger partial charge in [0.05, 0.1) is 0 Å². The van der Waals surface area contributed by atoms with Gasteiger partial charge in [0.25, 0.3) is 0 Å². The number of nitrogen functional groups attached to an aromatic ring is 1. The van der Waals surface area contributed by atoms with Crippen LogP contribution in [0.5, 0.6) is 0 Å². The zero-order valence-electron chi connectivity index (χ0n) is 16.2. The maximum Gasteiger partial charge on any atom is 0.226 e. The molecule has 3 N–H and O–H groups in total. The van der Waals surface area contributed by atoms with E-state index in [0.29, 0.717) is 18.0 Å². The maximum absolute atomic E-state index is 6.07. The van der Waals surface area contributed by atoms with Crippen LogP contribution in [0, 0.1) is 0 Å². The van der Waals surface area contributed by atoms with Crippen molar-refractivity contribution in [1.82, 2.24) is 24.4 Å². The first kappa shape index (κ1) is 19.8. The Morgan fingerprint density at radius 2 is 1.89 bits per heavy atom. The molecule has 4 rings (SSSR count). The van der Waals surface area contributed by atoms with Crippen LogP contribution < -0.4 is 10.6 Å². The Hall–Kier alpha value is -1.48. The predicted molar refractivity (Wildman–Crippen MR) is 117 cm³/mol. The van der Waals surface area contributed by atoms with Crippen molar-refractivity contribution < 1.29 is 0 Å². The van der Waals surface area contributed by atoms with Crippen molar-refractivity contribution in [3.8, 4) is 0 Å². The molecule has 2 aromatic rings. The van der Waals surface area contributed by atoms with Crippen LogP contribution in [0.3, 0.4) is 0 Å². The third kappa shape index (κ3) is 4.56. The Morgan fingerprint density at radius 3 is 2.54 bits per heavy atom. The lowest BCUT2D eigenvalue weighted by molar-refractivity contribution is 0.0648. The van der Waals surface area contributed by atoms with Crippen LogP contribution in [-0.2, 0) is 6.42 Å². The fourth-order valence-corrected chi connectivity index (χ4v) is 5.09. The molecular weight excluding hydrogens is 394 g/mol. The molecule has 2 aliphatic heterocycles. The topological polar surface area (TPSA) is 77.3 Å². The van der Waals surface area contributed by atoms with E-state index in [-0.39, 0.29) is 0 Å². The van der Waals surface area contributed by atoms with Gasteiger partial charge < -0.3 is 10.6 Å². The molecule has 1 aromatic heterocycles. The number of anilines is 2. The van der Waals surface area contributed by atoms with E-state index in [4.69, 9.17) is 17.3 Å². The molecule has 1 aromatic carbocycles. The normalized spacial score (nSPS) is 22.6. The number of aromatic amines is 1. The van der Waals surface area contributed by atoms with Gasteiger partial charge in [-0.1, -0.05) is 35.7 Å². The molecule has 0 amide bonds. The molecule has 7 nitrogen and oxygen atoms in total. The molecule has 0 bridgehead atoms. The van der Waals surface area contributed by atoms with Crippen molar-refractivity contribution >= 4 is 35.4 Å². The number of H-pyrrole nitrogens is 1. The fourth-order valence-electron chi connectivity index (χ4n) is 4.38. The first-order valence-corrected chi connectivity index (χ1v) is 11.4. The lowest BCUT2D eigenvalue weighted by Crippen LogP contribution is -2.57. The summed E-state index contributed by atoms with van der Waals surface area (Å²) in [7, 11) is 0. The highest BCUT2D eigenvalue weighted by Crippen LogP contribution is 2.27. The van der Waals surface area contributed by atoms with Crippen LogP contribution in [0.1, 0.15) is 18.4 Å². The van der Waals surface area contributed by atoms with Crippen LogP contribution in [0.15, 0.2) is 24.3 Å². The van der Waals surface area contributed by atoms with E-state index in [0.717, 1.165) is 63.0 Å². The van der Waals surface area contributed by atoms with Gasteiger partial charge >= 0.3 is 0 Å². The standard InChI is InChI=1S/C19H28ClN7S/c1-28-26-10-11-27(17(13-26)12-14-2-4-15(20)5-3-14)16-6-8-25(9-7-16)19-22-18(21)23-24-19/h2-5,16-17H,6-13H2,1H3,(H3,21,22,23,24)/t17-/m0/s1. The van der Waals surface area contributed by atoms with Gasteiger partial charge in [-0.25, -0.2) is 4.31 Å². The Bertz CT molecular complexity index is 760. The van der Waals surface area contributed by atoms with Crippen LogP contribution in [0.25, 0.3) is 0 Å². The zero-order valence-corrected chi connectivity index (χ0v) is 17.8. The first-order valence-electron chi connectivity index (χ1n) is 9.84. The van der Waals surface area contributed by atoms with Gasteiger partial charge in [-0.15, -0.1) is 10.2 Å². The minimum absolute atomic E-state index is 0.383. The summed E-state index contributed by atoms with van der Waals surface area (Å²) in [5.74, 6) is 1.18. The number of hydrogen-bond donors (Lipinski definition) is 2. The number of hydrogen-bond acceptors (Lipinski definition) is 7. The fraction of sp³-hybridized carbons (Fsp3) is 0.579. The van der Waals surface area contributed by atoms with Crippen molar-refractivity contribution in [3.05, 3.63) is 34.9 Å². The van der Waals surface area contributed by atoms with Crippen molar-refractivity contribution in [2.75, 3.05) is 49.6 Å². The van der Waals surface area contributed by atoms with E-state index in [1.165, 1.54) is 5.56 Å². The molecule has 3 heterocycles. The van der Waals surface area contributed by atoms with Gasteiger partial charge in [0, 0.05) is 49.8 Å². The Morgan fingerprint density at radius 1 is 1.14 bits per heavy atom. The monoisotopic (exact) mass is 421 g/mol. The molecule has 0 radical (unpaired) electrons. The van der Waals surface area contributed by atoms with Crippen molar-refractivity contribution in [2.24, 2.45) is 0 Å². The van der Waals surface area contributed by atoms with E-state index in [9.17, 15) is 0 Å². The van der Waals surface area contributed by atoms with E-state index >= 15 is 0 Å². The average Bonchev–Trinajstić information content (AvgIpc) is 3.16. The van der Waals surface area contributed by atoms with Crippen molar-refractivity contribution in [1.29, 1.82) is 0 Å². The Labute approximate surface area is 175 Å². The summed E-state index contributed by atoms with van der Waals surface area (Å²) < 4.78 is 2.49. The SMILES string of the molecule is CSN1CCN(C2CCN(c3nnc(N)[nH]3)CC2)[C@@H](Cc2ccc(Cl)cc2)C1. The van der Waals surface area contributed by atoms with Gasteiger partial charge in [0.2, 0.25) is 11.9 Å². The third-order valence-corrected chi connectivity index (χ3v) is 6.96. The molecule has 9 heteroatoms.